The van der Waals surface area contributed by atoms with Crippen LogP contribution in [-0.2, 0) is 6.54 Å². The number of pyridine rings is 1. The molecule has 0 spiro atoms. The summed E-state index contributed by atoms with van der Waals surface area (Å²) in [6.45, 7) is 2.20. The fourth-order valence-electron chi connectivity index (χ4n) is 1.37. The summed E-state index contributed by atoms with van der Waals surface area (Å²) in [7, 11) is 0. The Morgan fingerprint density at radius 3 is 3.00 bits per heavy atom. The second-order valence-electron chi connectivity index (χ2n) is 3.39. The number of nitrogens with one attached hydrogen (secondary N) is 1. The minimum atomic E-state index is -0.527. The molecule has 0 aromatic carbocycles. The van der Waals surface area contributed by atoms with Crippen LogP contribution in [0.15, 0.2) is 31.7 Å². The van der Waals surface area contributed by atoms with Crippen molar-refractivity contribution in [1.82, 2.24) is 19.7 Å². The van der Waals surface area contributed by atoms with Crippen LogP contribution in [0.1, 0.15) is 6.92 Å². The normalized spacial score (nSPS) is 10.6. The molecule has 2 aromatic heterocycles. The Morgan fingerprint density at radius 2 is 2.37 bits per heavy atom. The van der Waals surface area contributed by atoms with Crippen LogP contribution < -0.4 is 5.69 Å². The maximum atomic E-state index is 11.4. The summed E-state index contributed by atoms with van der Waals surface area (Å²) < 4.78 is 1.89. The molecule has 2 aromatic rings. The zero-order valence-corrected chi connectivity index (χ0v) is 12.1. The van der Waals surface area contributed by atoms with Crippen LogP contribution in [0, 0.1) is 10.1 Å². The van der Waals surface area contributed by atoms with E-state index in [4.69, 9.17) is 0 Å². The van der Waals surface area contributed by atoms with E-state index < -0.39 is 4.92 Å². The van der Waals surface area contributed by atoms with Gasteiger partial charge in [0.05, 0.1) is 4.92 Å². The molecule has 8 nitrogen and oxygen atoms in total. The molecular weight excluding hydrogens is 338 g/mol. The number of rotatable bonds is 4. The molecule has 2 heterocycles. The molecule has 0 bridgehead atoms. The highest BCUT2D eigenvalue weighted by molar-refractivity contribution is 9.10. The van der Waals surface area contributed by atoms with Gasteiger partial charge in [0.1, 0.15) is 0 Å². The van der Waals surface area contributed by atoms with Gasteiger partial charge in [-0.15, -0.1) is 5.10 Å². The third kappa shape index (κ3) is 2.84. The van der Waals surface area contributed by atoms with E-state index in [0.717, 1.165) is 11.8 Å². The van der Waals surface area contributed by atoms with E-state index in [1.165, 1.54) is 16.8 Å². The molecular formula is C9H8BrN5O3S. The van der Waals surface area contributed by atoms with Crippen molar-refractivity contribution in [3.8, 4) is 0 Å². The lowest BCUT2D eigenvalue weighted by molar-refractivity contribution is -0.388. The zero-order valence-electron chi connectivity index (χ0n) is 9.66. The van der Waals surface area contributed by atoms with E-state index >= 15 is 0 Å². The Bertz CT molecular complexity index is 683. The fourth-order valence-corrected chi connectivity index (χ4v) is 2.62. The van der Waals surface area contributed by atoms with E-state index in [9.17, 15) is 14.9 Å². The molecule has 0 amide bonds. The summed E-state index contributed by atoms with van der Waals surface area (Å²) in [5.74, 6) is 0. The van der Waals surface area contributed by atoms with E-state index in [0.29, 0.717) is 16.2 Å². The minimum Gasteiger partial charge on any atom is -0.270 e. The van der Waals surface area contributed by atoms with Gasteiger partial charge in [-0.3, -0.25) is 14.7 Å². The predicted molar refractivity (Wildman–Crippen MR) is 71.2 cm³/mol. The summed E-state index contributed by atoms with van der Waals surface area (Å²) in [4.78, 5) is 25.8. The van der Waals surface area contributed by atoms with Gasteiger partial charge in [0, 0.05) is 23.3 Å². The lowest BCUT2D eigenvalue weighted by Crippen LogP contribution is -2.16. The fraction of sp³-hybridized carbons (Fsp3) is 0.222. The van der Waals surface area contributed by atoms with E-state index in [1.54, 1.807) is 6.92 Å². The molecule has 0 aliphatic rings. The third-order valence-corrected chi connectivity index (χ3v) is 3.66. The maximum absolute atomic E-state index is 11.4. The van der Waals surface area contributed by atoms with Gasteiger partial charge >= 0.3 is 11.4 Å². The molecule has 0 saturated heterocycles. The van der Waals surface area contributed by atoms with Crippen molar-refractivity contribution in [1.29, 1.82) is 0 Å². The monoisotopic (exact) mass is 345 g/mol. The number of hydrogen-bond donors (Lipinski definition) is 1. The van der Waals surface area contributed by atoms with Crippen molar-refractivity contribution < 1.29 is 4.92 Å². The number of hydrogen-bond acceptors (Lipinski definition) is 6. The second-order valence-corrected chi connectivity index (χ2v) is 5.26. The first-order chi connectivity index (χ1) is 9.02. The molecule has 0 aliphatic carbocycles. The number of nitro groups is 1. The van der Waals surface area contributed by atoms with Crippen LogP contribution in [0.3, 0.4) is 0 Å². The Kier molecular flexibility index (Phi) is 4.00. The molecule has 1 N–H and O–H groups in total. The molecule has 0 aliphatic heterocycles. The molecule has 0 fully saturated rings. The van der Waals surface area contributed by atoms with Crippen LogP contribution in [0.4, 0.5) is 5.69 Å². The summed E-state index contributed by atoms with van der Waals surface area (Å²) in [5.41, 5.74) is -0.498. The van der Waals surface area contributed by atoms with Gasteiger partial charge in [-0.25, -0.2) is 14.9 Å². The van der Waals surface area contributed by atoms with Gasteiger partial charge in [0.15, 0.2) is 10.2 Å². The van der Waals surface area contributed by atoms with Crippen LogP contribution in [0.25, 0.3) is 0 Å². The molecule has 10 heteroatoms. The van der Waals surface area contributed by atoms with Crippen molar-refractivity contribution in [2.24, 2.45) is 0 Å². The van der Waals surface area contributed by atoms with Crippen molar-refractivity contribution in [3.05, 3.63) is 37.3 Å². The highest BCUT2D eigenvalue weighted by Gasteiger charge is 2.20. The Morgan fingerprint density at radius 1 is 1.63 bits per heavy atom. The molecule has 2 rings (SSSR count). The van der Waals surface area contributed by atoms with Gasteiger partial charge < -0.3 is 0 Å². The quantitative estimate of drug-likeness (QED) is 0.668. The van der Waals surface area contributed by atoms with Crippen molar-refractivity contribution in [2.45, 2.75) is 23.7 Å². The van der Waals surface area contributed by atoms with Crippen molar-refractivity contribution in [3.63, 3.8) is 0 Å². The van der Waals surface area contributed by atoms with Gasteiger partial charge in [-0.1, -0.05) is 0 Å². The van der Waals surface area contributed by atoms with Gasteiger partial charge in [-0.05, 0) is 34.6 Å². The summed E-state index contributed by atoms with van der Waals surface area (Å²) in [6.07, 6.45) is 1.45. The molecule has 0 unspecified atom stereocenters. The van der Waals surface area contributed by atoms with Crippen molar-refractivity contribution >= 4 is 33.4 Å². The van der Waals surface area contributed by atoms with Gasteiger partial charge in [-0.2, -0.15) is 0 Å². The lowest BCUT2D eigenvalue weighted by atomic mass is 10.4. The van der Waals surface area contributed by atoms with Crippen molar-refractivity contribution in [2.75, 3.05) is 0 Å². The summed E-state index contributed by atoms with van der Waals surface area (Å²) >= 11 is 4.10. The number of H-pyrrole nitrogens is 1. The smallest absolute Gasteiger partial charge is 0.270 e. The number of aromatic amines is 1. The highest BCUT2D eigenvalue weighted by atomic mass is 79.9. The maximum Gasteiger partial charge on any atom is 0.343 e. The standard InChI is InChI=1S/C9H8BrN5O3S/c1-2-14-8(16)12-13-9(14)19-7-6(15(17)18)3-5(10)4-11-7/h3-4H,2H2,1H3,(H,12,16). The first-order valence-corrected chi connectivity index (χ1v) is 6.77. The molecule has 100 valence electrons. The van der Waals surface area contributed by atoms with Gasteiger partial charge in [0.2, 0.25) is 0 Å². The number of halogens is 1. The second kappa shape index (κ2) is 5.53. The zero-order chi connectivity index (χ0) is 14.0. The van der Waals surface area contributed by atoms with Gasteiger partial charge in [0.25, 0.3) is 0 Å². The Hall–Kier alpha value is -1.68. The summed E-state index contributed by atoms with van der Waals surface area (Å²) in [5, 5.41) is 17.6. The Balaban J connectivity index is 2.43. The van der Waals surface area contributed by atoms with E-state index in [-0.39, 0.29) is 16.4 Å². The highest BCUT2D eigenvalue weighted by Crippen LogP contribution is 2.32. The van der Waals surface area contributed by atoms with E-state index in [2.05, 4.69) is 31.1 Å². The van der Waals surface area contributed by atoms with Crippen LogP contribution in [-0.4, -0.2) is 24.7 Å². The predicted octanol–water partition coefficient (Wildman–Crippen LogP) is 1.81. The molecule has 0 radical (unpaired) electrons. The number of aromatic nitrogens is 4. The average Bonchev–Trinajstić information content (AvgIpc) is 2.71. The average molecular weight is 346 g/mol. The Labute approximate surface area is 119 Å². The molecule has 19 heavy (non-hydrogen) atoms. The van der Waals surface area contributed by atoms with E-state index in [1.807, 2.05) is 0 Å². The molecule has 0 saturated carbocycles. The molecule has 0 atom stereocenters. The third-order valence-electron chi connectivity index (χ3n) is 2.22. The largest absolute Gasteiger partial charge is 0.343 e. The van der Waals surface area contributed by atoms with Crippen LogP contribution in [0.2, 0.25) is 0 Å². The summed E-state index contributed by atoms with van der Waals surface area (Å²) in [6, 6.07) is 1.36. The van der Waals surface area contributed by atoms with Crippen LogP contribution in [0.5, 0.6) is 0 Å². The van der Waals surface area contributed by atoms with Crippen LogP contribution >= 0.6 is 27.7 Å². The SMILES string of the molecule is CCn1c(Sc2ncc(Br)cc2[N+](=O)[O-])n[nH]c1=O. The topological polar surface area (TPSA) is 107 Å². The minimum absolute atomic E-state index is 0.141. The first kappa shape index (κ1) is 13.7. The lowest BCUT2D eigenvalue weighted by Gasteiger charge is -2.02. The first-order valence-electron chi connectivity index (χ1n) is 5.16. The number of nitrogens with zero attached hydrogens (tertiary/aromatic N) is 4.